The van der Waals surface area contributed by atoms with Crippen LogP contribution in [0.25, 0.3) is 44.7 Å². The summed E-state index contributed by atoms with van der Waals surface area (Å²) in [5, 5.41) is 8.48. The lowest BCUT2D eigenvalue weighted by Gasteiger charge is -2.27. The molecule has 5 unspecified atom stereocenters. The molecule has 6 heterocycles. The SMILES string of the molecule is CC1Oc2cc(-c3cnc(C4NC5CCC4C5)[nH]3)ccc2-c2cc3cc(-c4cnc(C5CCCN5)[nH]4)ccc3n21. The number of aromatic nitrogens is 5. The van der Waals surface area contributed by atoms with E-state index in [4.69, 9.17) is 9.72 Å². The molecule has 5 aromatic rings. The van der Waals surface area contributed by atoms with Gasteiger partial charge in [-0.3, -0.25) is 0 Å². The number of piperidine rings is 1. The van der Waals surface area contributed by atoms with Crippen molar-refractivity contribution in [1.29, 1.82) is 0 Å². The highest BCUT2D eigenvalue weighted by Gasteiger charge is 2.41. The molecule has 0 amide bonds. The predicted octanol–water partition coefficient (Wildman–Crippen LogP) is 6.24. The predicted molar refractivity (Wildman–Crippen MR) is 155 cm³/mol. The molecule has 8 heteroatoms. The topological polar surface area (TPSA) is 95.6 Å². The van der Waals surface area contributed by atoms with Gasteiger partial charge < -0.3 is 29.9 Å². The number of benzene rings is 2. The van der Waals surface area contributed by atoms with Crippen LogP contribution in [0.2, 0.25) is 0 Å². The number of imidazole rings is 2. The Morgan fingerprint density at radius 3 is 2.52 bits per heavy atom. The van der Waals surface area contributed by atoms with Crippen LogP contribution in [0.5, 0.6) is 5.75 Å². The monoisotopic (exact) mass is 531 g/mol. The number of aromatic amines is 2. The van der Waals surface area contributed by atoms with Gasteiger partial charge in [-0.1, -0.05) is 12.1 Å². The van der Waals surface area contributed by atoms with Crippen LogP contribution in [0.4, 0.5) is 0 Å². The standard InChI is InChI=1S/C32H33N7O/c1-17-39-27-9-6-18(25-15-34-31(37-25)24-3-2-10-33-24)11-21(27)13-28(39)23-8-5-19(14-29(23)40-17)26-16-35-32(38-26)30-20-4-7-22(12-20)36-30/h5-6,8-9,11,13-17,20,22,24,30,33,36H,2-4,7,10,12H2,1H3,(H,34,37)(H,35,38). The van der Waals surface area contributed by atoms with E-state index in [1.54, 1.807) is 0 Å². The largest absolute Gasteiger partial charge is 0.470 e. The molecule has 2 saturated heterocycles. The highest BCUT2D eigenvalue weighted by atomic mass is 16.5. The molecule has 9 rings (SSSR count). The van der Waals surface area contributed by atoms with Crippen LogP contribution in [0, 0.1) is 5.92 Å². The first-order valence-electron chi connectivity index (χ1n) is 14.7. The van der Waals surface area contributed by atoms with Gasteiger partial charge in [-0.25, -0.2) is 9.97 Å². The zero-order valence-corrected chi connectivity index (χ0v) is 22.6. The van der Waals surface area contributed by atoms with E-state index in [1.807, 2.05) is 12.4 Å². The highest BCUT2D eigenvalue weighted by molar-refractivity contribution is 5.92. The van der Waals surface area contributed by atoms with Crippen molar-refractivity contribution in [1.82, 2.24) is 35.1 Å². The van der Waals surface area contributed by atoms with Crippen LogP contribution in [0.15, 0.2) is 54.9 Å². The summed E-state index contributed by atoms with van der Waals surface area (Å²) in [7, 11) is 0. The Morgan fingerprint density at radius 2 is 1.73 bits per heavy atom. The number of ether oxygens (including phenoxy) is 1. The van der Waals surface area contributed by atoms with Crippen LogP contribution in [0.1, 0.15) is 69.0 Å². The molecular weight excluding hydrogens is 498 g/mol. The first-order valence-corrected chi connectivity index (χ1v) is 14.7. The third-order valence-electron chi connectivity index (χ3n) is 9.62. The van der Waals surface area contributed by atoms with E-state index >= 15 is 0 Å². The van der Waals surface area contributed by atoms with Gasteiger partial charge in [0.05, 0.1) is 47.1 Å². The van der Waals surface area contributed by atoms with Gasteiger partial charge in [0, 0.05) is 28.1 Å². The van der Waals surface area contributed by atoms with E-state index in [1.165, 1.54) is 42.3 Å². The molecule has 3 aromatic heterocycles. The first-order chi connectivity index (χ1) is 19.7. The number of nitrogens with zero attached hydrogens (tertiary/aromatic N) is 3. The maximum atomic E-state index is 6.50. The Balaban J connectivity index is 1.04. The number of hydrogen-bond acceptors (Lipinski definition) is 5. The van der Waals surface area contributed by atoms with Gasteiger partial charge in [0.1, 0.15) is 17.4 Å². The van der Waals surface area contributed by atoms with Gasteiger partial charge in [-0.2, -0.15) is 0 Å². The quantitative estimate of drug-likeness (QED) is 0.220. The molecule has 2 bridgehead atoms. The zero-order chi connectivity index (χ0) is 26.4. The van der Waals surface area contributed by atoms with Crippen molar-refractivity contribution in [2.45, 2.75) is 63.4 Å². The summed E-state index contributed by atoms with van der Waals surface area (Å²) in [6, 6.07) is 16.8. The van der Waals surface area contributed by atoms with Crippen molar-refractivity contribution in [3.8, 4) is 39.5 Å². The van der Waals surface area contributed by atoms with E-state index in [0.29, 0.717) is 24.0 Å². The lowest BCUT2D eigenvalue weighted by Crippen LogP contribution is -2.29. The summed E-state index contributed by atoms with van der Waals surface area (Å²) in [5.41, 5.74) is 7.83. The molecular formula is C32H33N7O. The fraction of sp³-hybridized carbons (Fsp3) is 0.375. The summed E-state index contributed by atoms with van der Waals surface area (Å²) in [6.07, 6.45) is 10.0. The van der Waals surface area contributed by atoms with E-state index in [-0.39, 0.29) is 6.23 Å². The van der Waals surface area contributed by atoms with Crippen molar-refractivity contribution in [3.05, 3.63) is 66.5 Å². The Kier molecular flexibility index (Phi) is 4.90. The second-order valence-electron chi connectivity index (χ2n) is 12.0. The average Bonchev–Trinajstić information content (AvgIpc) is 3.81. The molecule has 0 spiro atoms. The summed E-state index contributed by atoms with van der Waals surface area (Å²) >= 11 is 0. The van der Waals surface area contributed by atoms with E-state index < -0.39 is 0 Å². The maximum absolute atomic E-state index is 6.50. The highest BCUT2D eigenvalue weighted by Crippen LogP contribution is 2.45. The van der Waals surface area contributed by atoms with E-state index in [0.717, 1.165) is 58.4 Å². The van der Waals surface area contributed by atoms with Gasteiger partial charge in [0.2, 0.25) is 0 Å². The second kappa shape index (κ2) is 8.56. The van der Waals surface area contributed by atoms with Crippen molar-refractivity contribution in [2.75, 3.05) is 6.54 Å². The lowest BCUT2D eigenvalue weighted by molar-refractivity contribution is 0.152. The number of nitrogens with one attached hydrogen (secondary N) is 4. The van der Waals surface area contributed by atoms with E-state index in [9.17, 15) is 0 Å². The van der Waals surface area contributed by atoms with Crippen LogP contribution in [-0.4, -0.2) is 37.1 Å². The van der Waals surface area contributed by atoms with Crippen molar-refractivity contribution in [3.63, 3.8) is 0 Å². The minimum atomic E-state index is -0.108. The molecule has 4 aliphatic rings. The Morgan fingerprint density at radius 1 is 0.900 bits per heavy atom. The third kappa shape index (κ3) is 3.45. The fourth-order valence-electron chi connectivity index (χ4n) is 7.62. The molecule has 5 atom stereocenters. The lowest BCUT2D eigenvalue weighted by atomic mass is 9.99. The average molecular weight is 532 g/mol. The summed E-state index contributed by atoms with van der Waals surface area (Å²) < 4.78 is 8.80. The minimum absolute atomic E-state index is 0.108. The molecule has 202 valence electrons. The molecule has 2 aromatic carbocycles. The number of fused-ring (bicyclic) bond motifs is 7. The Hall–Kier alpha value is -3.88. The van der Waals surface area contributed by atoms with Crippen molar-refractivity contribution >= 4 is 10.9 Å². The smallest absolute Gasteiger partial charge is 0.173 e. The van der Waals surface area contributed by atoms with Gasteiger partial charge in [-0.15, -0.1) is 0 Å². The molecule has 8 nitrogen and oxygen atoms in total. The molecule has 0 radical (unpaired) electrons. The Bertz CT molecular complexity index is 1760. The number of hydrogen-bond donors (Lipinski definition) is 4. The second-order valence-corrected chi connectivity index (χ2v) is 12.0. The molecule has 1 saturated carbocycles. The molecule has 1 aliphatic carbocycles. The van der Waals surface area contributed by atoms with Gasteiger partial charge in [0.25, 0.3) is 0 Å². The number of rotatable bonds is 4. The maximum Gasteiger partial charge on any atom is 0.173 e. The summed E-state index contributed by atoms with van der Waals surface area (Å²) in [4.78, 5) is 16.6. The van der Waals surface area contributed by atoms with Gasteiger partial charge in [0.15, 0.2) is 6.23 Å². The summed E-state index contributed by atoms with van der Waals surface area (Å²) in [6.45, 7) is 3.19. The zero-order valence-electron chi connectivity index (χ0n) is 22.6. The fourth-order valence-corrected chi connectivity index (χ4v) is 7.62. The number of H-pyrrole nitrogens is 2. The third-order valence-corrected chi connectivity index (χ3v) is 9.62. The molecule has 3 fully saturated rings. The van der Waals surface area contributed by atoms with Crippen molar-refractivity contribution in [2.24, 2.45) is 5.92 Å². The summed E-state index contributed by atoms with van der Waals surface area (Å²) in [5.74, 6) is 3.72. The minimum Gasteiger partial charge on any atom is -0.470 e. The van der Waals surface area contributed by atoms with E-state index in [2.05, 4.69) is 79.5 Å². The first kappa shape index (κ1) is 22.9. The molecule has 4 N–H and O–H groups in total. The van der Waals surface area contributed by atoms with Crippen molar-refractivity contribution < 1.29 is 4.74 Å². The van der Waals surface area contributed by atoms with Crippen LogP contribution < -0.4 is 15.4 Å². The van der Waals surface area contributed by atoms with Crippen LogP contribution >= 0.6 is 0 Å². The molecule has 3 aliphatic heterocycles. The van der Waals surface area contributed by atoms with Gasteiger partial charge >= 0.3 is 0 Å². The van der Waals surface area contributed by atoms with Crippen LogP contribution in [-0.2, 0) is 0 Å². The molecule has 40 heavy (non-hydrogen) atoms. The van der Waals surface area contributed by atoms with Gasteiger partial charge in [-0.05, 0) is 81.8 Å². The van der Waals surface area contributed by atoms with Crippen LogP contribution in [0.3, 0.4) is 0 Å². The Labute approximate surface area is 232 Å². The normalized spacial score (nSPS) is 26.8.